The van der Waals surface area contributed by atoms with E-state index in [0.29, 0.717) is 6.04 Å². The molecule has 2 nitrogen and oxygen atoms in total. The highest BCUT2D eigenvalue weighted by Crippen LogP contribution is 2.32. The van der Waals surface area contributed by atoms with Crippen molar-refractivity contribution in [3.8, 4) is 0 Å². The highest BCUT2D eigenvalue weighted by molar-refractivity contribution is 5.29. The summed E-state index contributed by atoms with van der Waals surface area (Å²) in [5.41, 5.74) is 2.95. The molecule has 1 fully saturated rings. The van der Waals surface area contributed by atoms with Crippen LogP contribution >= 0.6 is 0 Å². The number of hydrogen-bond acceptors (Lipinski definition) is 2. The molecule has 3 rings (SSSR count). The van der Waals surface area contributed by atoms with Crippen LogP contribution in [0.5, 0.6) is 0 Å². The maximum atomic E-state index is 4.20. The average Bonchev–Trinajstić information content (AvgIpc) is 3.03. The van der Waals surface area contributed by atoms with E-state index in [4.69, 9.17) is 0 Å². The first-order valence-electron chi connectivity index (χ1n) is 5.62. The Labute approximate surface area is 84.7 Å². The van der Waals surface area contributed by atoms with Crippen molar-refractivity contribution in [1.29, 1.82) is 0 Å². The van der Waals surface area contributed by atoms with E-state index in [0.717, 1.165) is 6.04 Å². The molecule has 0 bridgehead atoms. The van der Waals surface area contributed by atoms with Gasteiger partial charge in [-0.15, -0.1) is 0 Å². The van der Waals surface area contributed by atoms with E-state index in [-0.39, 0.29) is 0 Å². The van der Waals surface area contributed by atoms with E-state index < -0.39 is 0 Å². The van der Waals surface area contributed by atoms with E-state index >= 15 is 0 Å². The molecule has 74 valence electrons. The summed E-state index contributed by atoms with van der Waals surface area (Å²) in [7, 11) is 0. The summed E-state index contributed by atoms with van der Waals surface area (Å²) < 4.78 is 0. The fourth-order valence-corrected chi connectivity index (χ4v) is 2.35. The number of aromatic nitrogens is 1. The normalized spacial score (nSPS) is 25.9. The van der Waals surface area contributed by atoms with E-state index in [2.05, 4.69) is 16.4 Å². The Bertz CT molecular complexity index is 331. The monoisotopic (exact) mass is 188 g/mol. The maximum absolute atomic E-state index is 4.20. The Balaban J connectivity index is 1.85. The molecule has 0 spiro atoms. The van der Waals surface area contributed by atoms with Crippen LogP contribution < -0.4 is 5.32 Å². The molecule has 0 aliphatic heterocycles. The first-order chi connectivity index (χ1) is 6.93. The van der Waals surface area contributed by atoms with Crippen molar-refractivity contribution in [3.05, 3.63) is 29.6 Å². The van der Waals surface area contributed by atoms with Gasteiger partial charge in [0, 0.05) is 24.5 Å². The standard InChI is InChI=1S/C12H16N2/c1-2-9-8-13-7-6-11(9)12(3-1)14-10-4-5-10/h6-8,10,12,14H,1-5H2. The van der Waals surface area contributed by atoms with Gasteiger partial charge in [0.25, 0.3) is 0 Å². The SMILES string of the molecule is c1cc2c(cn1)CCCC2NC1CC1. The third-order valence-corrected chi connectivity index (χ3v) is 3.27. The second kappa shape index (κ2) is 3.35. The van der Waals surface area contributed by atoms with Gasteiger partial charge in [0.1, 0.15) is 0 Å². The molecule has 2 heteroatoms. The Morgan fingerprint density at radius 1 is 1.29 bits per heavy atom. The zero-order valence-electron chi connectivity index (χ0n) is 8.37. The van der Waals surface area contributed by atoms with Crippen LogP contribution in [0.4, 0.5) is 0 Å². The highest BCUT2D eigenvalue weighted by atomic mass is 15.0. The summed E-state index contributed by atoms with van der Waals surface area (Å²) in [5, 5.41) is 3.72. The van der Waals surface area contributed by atoms with Crippen molar-refractivity contribution in [2.45, 2.75) is 44.2 Å². The van der Waals surface area contributed by atoms with Gasteiger partial charge in [0.05, 0.1) is 0 Å². The Hall–Kier alpha value is -0.890. The van der Waals surface area contributed by atoms with Crippen LogP contribution in [0.15, 0.2) is 18.5 Å². The predicted octanol–water partition coefficient (Wildman–Crippen LogP) is 2.21. The summed E-state index contributed by atoms with van der Waals surface area (Å²) >= 11 is 0. The van der Waals surface area contributed by atoms with Crippen molar-refractivity contribution in [3.63, 3.8) is 0 Å². The van der Waals surface area contributed by atoms with Gasteiger partial charge in [0.2, 0.25) is 0 Å². The molecule has 0 aromatic carbocycles. The van der Waals surface area contributed by atoms with Crippen LogP contribution in [0.25, 0.3) is 0 Å². The van der Waals surface area contributed by atoms with Gasteiger partial charge in [-0.3, -0.25) is 4.98 Å². The molecule has 1 atom stereocenters. The lowest BCUT2D eigenvalue weighted by molar-refractivity contribution is 0.456. The lowest BCUT2D eigenvalue weighted by Gasteiger charge is -2.26. The van der Waals surface area contributed by atoms with Gasteiger partial charge in [-0.2, -0.15) is 0 Å². The molecule has 1 N–H and O–H groups in total. The molecular formula is C12H16N2. The summed E-state index contributed by atoms with van der Waals surface area (Å²) in [6.07, 6.45) is 10.5. The first kappa shape index (κ1) is 8.42. The summed E-state index contributed by atoms with van der Waals surface area (Å²) in [5.74, 6) is 0. The number of aryl methyl sites for hydroxylation is 1. The van der Waals surface area contributed by atoms with Gasteiger partial charge >= 0.3 is 0 Å². The number of rotatable bonds is 2. The van der Waals surface area contributed by atoms with Crippen LogP contribution in [-0.2, 0) is 6.42 Å². The van der Waals surface area contributed by atoms with Crippen molar-refractivity contribution in [1.82, 2.24) is 10.3 Å². The molecule has 1 unspecified atom stereocenters. The number of hydrogen-bond donors (Lipinski definition) is 1. The number of nitrogens with zero attached hydrogens (tertiary/aromatic N) is 1. The van der Waals surface area contributed by atoms with Crippen LogP contribution in [-0.4, -0.2) is 11.0 Å². The molecule has 0 amide bonds. The van der Waals surface area contributed by atoms with Crippen molar-refractivity contribution >= 4 is 0 Å². The largest absolute Gasteiger partial charge is 0.307 e. The minimum atomic E-state index is 0.606. The maximum Gasteiger partial charge on any atom is 0.0326 e. The molecule has 14 heavy (non-hydrogen) atoms. The fraction of sp³-hybridized carbons (Fsp3) is 0.583. The lowest BCUT2D eigenvalue weighted by atomic mass is 9.89. The third kappa shape index (κ3) is 1.55. The van der Waals surface area contributed by atoms with E-state index in [1.165, 1.54) is 43.2 Å². The van der Waals surface area contributed by atoms with E-state index in [1.807, 2.05) is 12.4 Å². The van der Waals surface area contributed by atoms with Crippen molar-refractivity contribution in [2.24, 2.45) is 0 Å². The van der Waals surface area contributed by atoms with Gasteiger partial charge in [-0.25, -0.2) is 0 Å². The van der Waals surface area contributed by atoms with Crippen LogP contribution in [0, 0.1) is 0 Å². The smallest absolute Gasteiger partial charge is 0.0326 e. The van der Waals surface area contributed by atoms with Gasteiger partial charge in [-0.05, 0) is 49.3 Å². The van der Waals surface area contributed by atoms with Crippen LogP contribution in [0.2, 0.25) is 0 Å². The highest BCUT2D eigenvalue weighted by Gasteiger charge is 2.27. The van der Waals surface area contributed by atoms with Gasteiger partial charge < -0.3 is 5.32 Å². The van der Waals surface area contributed by atoms with Gasteiger partial charge in [-0.1, -0.05) is 0 Å². The zero-order chi connectivity index (χ0) is 9.38. The second-order valence-corrected chi connectivity index (χ2v) is 4.46. The zero-order valence-corrected chi connectivity index (χ0v) is 8.37. The Morgan fingerprint density at radius 2 is 2.21 bits per heavy atom. The molecular weight excluding hydrogens is 172 g/mol. The molecule has 2 aliphatic carbocycles. The van der Waals surface area contributed by atoms with Crippen LogP contribution in [0.1, 0.15) is 42.9 Å². The number of nitrogens with one attached hydrogen (secondary N) is 1. The van der Waals surface area contributed by atoms with E-state index in [1.54, 1.807) is 0 Å². The van der Waals surface area contributed by atoms with Crippen LogP contribution in [0.3, 0.4) is 0 Å². The molecule has 1 aromatic rings. The Kier molecular flexibility index (Phi) is 2.02. The average molecular weight is 188 g/mol. The summed E-state index contributed by atoms with van der Waals surface area (Å²) in [6, 6.07) is 3.60. The molecule has 1 heterocycles. The Morgan fingerprint density at radius 3 is 3.07 bits per heavy atom. The summed E-state index contributed by atoms with van der Waals surface area (Å²) in [6.45, 7) is 0. The van der Waals surface area contributed by atoms with Gasteiger partial charge in [0.15, 0.2) is 0 Å². The third-order valence-electron chi connectivity index (χ3n) is 3.27. The minimum absolute atomic E-state index is 0.606. The second-order valence-electron chi connectivity index (χ2n) is 4.46. The number of pyridine rings is 1. The topological polar surface area (TPSA) is 24.9 Å². The fourth-order valence-electron chi connectivity index (χ4n) is 2.35. The van der Waals surface area contributed by atoms with Crippen molar-refractivity contribution in [2.75, 3.05) is 0 Å². The summed E-state index contributed by atoms with van der Waals surface area (Å²) in [4.78, 5) is 4.20. The quantitative estimate of drug-likeness (QED) is 0.769. The molecule has 2 aliphatic rings. The molecule has 1 saturated carbocycles. The van der Waals surface area contributed by atoms with E-state index in [9.17, 15) is 0 Å². The number of fused-ring (bicyclic) bond motifs is 1. The molecule has 0 saturated heterocycles. The minimum Gasteiger partial charge on any atom is -0.307 e. The molecule has 0 radical (unpaired) electrons. The predicted molar refractivity (Wildman–Crippen MR) is 56.1 cm³/mol. The lowest BCUT2D eigenvalue weighted by Crippen LogP contribution is -2.26. The first-order valence-corrected chi connectivity index (χ1v) is 5.62. The molecule has 1 aromatic heterocycles. The van der Waals surface area contributed by atoms with Crippen molar-refractivity contribution < 1.29 is 0 Å².